The lowest BCUT2D eigenvalue weighted by atomic mass is 10.2. The Kier molecular flexibility index (Phi) is 3.50. The quantitative estimate of drug-likeness (QED) is 0.659. The molecule has 0 atom stereocenters. The zero-order valence-electron chi connectivity index (χ0n) is 6.73. The van der Waals surface area contributed by atoms with Crippen LogP contribution in [0.3, 0.4) is 0 Å². The van der Waals surface area contributed by atoms with Gasteiger partial charge in [0, 0.05) is 18.3 Å². The lowest BCUT2D eigenvalue weighted by Crippen LogP contribution is -2.06. The standard InChI is InChI=1S/C8H12N2O2/c9-5-7-1-2-10-6-8(7)12-4-3-11/h1-2,6,11H,3-5,9H2. The lowest BCUT2D eigenvalue weighted by molar-refractivity contribution is 0.200. The summed E-state index contributed by atoms with van der Waals surface area (Å²) in [5.74, 6) is 0.647. The Hall–Kier alpha value is -1.13. The fourth-order valence-corrected chi connectivity index (χ4v) is 0.863. The molecule has 0 spiro atoms. The van der Waals surface area contributed by atoms with E-state index in [0.717, 1.165) is 5.56 Å². The number of nitrogens with zero attached hydrogens (tertiary/aromatic N) is 1. The van der Waals surface area contributed by atoms with Crippen LogP contribution < -0.4 is 10.5 Å². The summed E-state index contributed by atoms with van der Waals surface area (Å²) in [4.78, 5) is 3.88. The van der Waals surface area contributed by atoms with Gasteiger partial charge in [-0.1, -0.05) is 0 Å². The highest BCUT2D eigenvalue weighted by atomic mass is 16.5. The van der Waals surface area contributed by atoms with Crippen LogP contribution >= 0.6 is 0 Å². The molecule has 4 heteroatoms. The molecule has 4 nitrogen and oxygen atoms in total. The van der Waals surface area contributed by atoms with Crippen LogP contribution in [0.25, 0.3) is 0 Å². The van der Waals surface area contributed by atoms with Crippen molar-refractivity contribution in [2.75, 3.05) is 13.2 Å². The van der Waals surface area contributed by atoms with Crippen LogP contribution in [-0.2, 0) is 6.54 Å². The molecule has 0 fully saturated rings. The lowest BCUT2D eigenvalue weighted by Gasteiger charge is -2.07. The van der Waals surface area contributed by atoms with E-state index >= 15 is 0 Å². The molecule has 1 heterocycles. The molecule has 0 aliphatic heterocycles. The summed E-state index contributed by atoms with van der Waals surface area (Å²) >= 11 is 0. The Morgan fingerprint density at radius 1 is 1.58 bits per heavy atom. The Labute approximate surface area is 71.0 Å². The predicted molar refractivity (Wildman–Crippen MR) is 44.7 cm³/mol. The maximum absolute atomic E-state index is 8.51. The van der Waals surface area contributed by atoms with E-state index in [0.29, 0.717) is 12.3 Å². The summed E-state index contributed by atoms with van der Waals surface area (Å²) < 4.78 is 5.18. The minimum absolute atomic E-state index is 0.00109. The van der Waals surface area contributed by atoms with Crippen molar-refractivity contribution in [3.63, 3.8) is 0 Å². The van der Waals surface area contributed by atoms with E-state index < -0.39 is 0 Å². The number of hydrogen-bond donors (Lipinski definition) is 2. The van der Waals surface area contributed by atoms with E-state index in [1.807, 2.05) is 0 Å². The van der Waals surface area contributed by atoms with E-state index in [9.17, 15) is 0 Å². The fourth-order valence-electron chi connectivity index (χ4n) is 0.863. The monoisotopic (exact) mass is 168 g/mol. The number of aliphatic hydroxyl groups is 1. The first-order valence-electron chi connectivity index (χ1n) is 3.75. The number of aromatic nitrogens is 1. The molecule has 0 aromatic carbocycles. The second-order valence-electron chi connectivity index (χ2n) is 2.26. The largest absolute Gasteiger partial charge is 0.489 e. The van der Waals surface area contributed by atoms with Gasteiger partial charge in [0.1, 0.15) is 12.4 Å². The highest BCUT2D eigenvalue weighted by Gasteiger charge is 1.99. The normalized spacial score (nSPS) is 9.83. The number of aliphatic hydroxyl groups excluding tert-OH is 1. The summed E-state index contributed by atoms with van der Waals surface area (Å²) in [6.45, 7) is 0.695. The highest BCUT2D eigenvalue weighted by Crippen LogP contribution is 2.14. The van der Waals surface area contributed by atoms with Gasteiger partial charge in [-0.05, 0) is 6.07 Å². The maximum atomic E-state index is 8.51. The summed E-state index contributed by atoms with van der Waals surface area (Å²) in [6, 6.07) is 1.80. The van der Waals surface area contributed by atoms with E-state index in [1.165, 1.54) is 0 Å². The van der Waals surface area contributed by atoms with Crippen molar-refractivity contribution >= 4 is 0 Å². The molecule has 0 aliphatic carbocycles. The van der Waals surface area contributed by atoms with Crippen molar-refractivity contribution < 1.29 is 9.84 Å². The molecule has 1 aromatic rings. The average molecular weight is 168 g/mol. The molecular weight excluding hydrogens is 156 g/mol. The highest BCUT2D eigenvalue weighted by molar-refractivity contribution is 5.29. The Morgan fingerprint density at radius 3 is 3.08 bits per heavy atom. The maximum Gasteiger partial charge on any atom is 0.142 e. The first-order chi connectivity index (χ1) is 5.88. The van der Waals surface area contributed by atoms with Gasteiger partial charge in [0.05, 0.1) is 12.8 Å². The second-order valence-corrected chi connectivity index (χ2v) is 2.26. The molecule has 1 rings (SSSR count). The van der Waals surface area contributed by atoms with Crippen molar-refractivity contribution in [2.45, 2.75) is 6.54 Å². The minimum Gasteiger partial charge on any atom is -0.489 e. The SMILES string of the molecule is NCc1ccncc1OCCO. The molecule has 66 valence electrons. The van der Waals surface area contributed by atoms with Crippen LogP contribution in [0.2, 0.25) is 0 Å². The van der Waals surface area contributed by atoms with Crippen LogP contribution in [0.1, 0.15) is 5.56 Å². The van der Waals surface area contributed by atoms with E-state index in [4.69, 9.17) is 15.6 Å². The molecule has 0 saturated carbocycles. The second kappa shape index (κ2) is 4.69. The molecule has 0 radical (unpaired) electrons. The Bertz CT molecular complexity index is 240. The average Bonchev–Trinajstić information content (AvgIpc) is 2.15. The van der Waals surface area contributed by atoms with Gasteiger partial charge < -0.3 is 15.6 Å². The van der Waals surface area contributed by atoms with Gasteiger partial charge in [0.2, 0.25) is 0 Å². The van der Waals surface area contributed by atoms with Crippen molar-refractivity contribution in [2.24, 2.45) is 5.73 Å². The van der Waals surface area contributed by atoms with Crippen LogP contribution in [0.15, 0.2) is 18.5 Å². The number of hydrogen-bond acceptors (Lipinski definition) is 4. The molecule has 12 heavy (non-hydrogen) atoms. The van der Waals surface area contributed by atoms with Gasteiger partial charge in [0.25, 0.3) is 0 Å². The molecule has 1 aromatic heterocycles. The molecule has 0 saturated heterocycles. The fraction of sp³-hybridized carbons (Fsp3) is 0.375. The van der Waals surface area contributed by atoms with Crippen molar-refractivity contribution in [1.29, 1.82) is 0 Å². The molecule has 0 bridgehead atoms. The van der Waals surface area contributed by atoms with Crippen LogP contribution in [-0.4, -0.2) is 23.3 Å². The van der Waals surface area contributed by atoms with Gasteiger partial charge in [-0.15, -0.1) is 0 Å². The molecule has 0 unspecified atom stereocenters. The van der Waals surface area contributed by atoms with Gasteiger partial charge in [-0.25, -0.2) is 0 Å². The predicted octanol–water partition coefficient (Wildman–Crippen LogP) is -0.0886. The number of nitrogens with two attached hydrogens (primary N) is 1. The zero-order chi connectivity index (χ0) is 8.81. The third-order valence-corrected chi connectivity index (χ3v) is 1.44. The Balaban J connectivity index is 2.68. The van der Waals surface area contributed by atoms with E-state index in [2.05, 4.69) is 4.98 Å². The van der Waals surface area contributed by atoms with E-state index in [-0.39, 0.29) is 13.2 Å². The molecular formula is C8H12N2O2. The molecule has 3 N–H and O–H groups in total. The third kappa shape index (κ3) is 2.18. The summed E-state index contributed by atoms with van der Waals surface area (Å²) in [5, 5.41) is 8.51. The van der Waals surface area contributed by atoms with Crippen molar-refractivity contribution in [1.82, 2.24) is 4.98 Å². The summed E-state index contributed by atoms with van der Waals surface area (Å²) in [7, 11) is 0. The van der Waals surface area contributed by atoms with Crippen molar-refractivity contribution in [3.05, 3.63) is 24.0 Å². The number of rotatable bonds is 4. The zero-order valence-corrected chi connectivity index (χ0v) is 6.73. The number of ether oxygens (including phenoxy) is 1. The number of pyridine rings is 1. The summed E-state index contributed by atoms with van der Waals surface area (Å²) in [5.41, 5.74) is 6.35. The smallest absolute Gasteiger partial charge is 0.142 e. The van der Waals surface area contributed by atoms with Crippen molar-refractivity contribution in [3.8, 4) is 5.75 Å². The molecule has 0 aliphatic rings. The first-order valence-corrected chi connectivity index (χ1v) is 3.75. The third-order valence-electron chi connectivity index (χ3n) is 1.44. The molecule has 0 amide bonds. The van der Waals surface area contributed by atoms with Gasteiger partial charge in [-0.3, -0.25) is 4.98 Å². The minimum atomic E-state index is -0.00109. The Morgan fingerprint density at radius 2 is 2.42 bits per heavy atom. The van der Waals surface area contributed by atoms with Gasteiger partial charge in [0.15, 0.2) is 0 Å². The van der Waals surface area contributed by atoms with Crippen LogP contribution in [0.5, 0.6) is 5.75 Å². The van der Waals surface area contributed by atoms with Gasteiger partial charge in [-0.2, -0.15) is 0 Å². The first kappa shape index (κ1) is 8.96. The van der Waals surface area contributed by atoms with Crippen LogP contribution in [0, 0.1) is 0 Å². The summed E-state index contributed by atoms with van der Waals surface area (Å²) in [6.07, 6.45) is 3.26. The topological polar surface area (TPSA) is 68.4 Å². The van der Waals surface area contributed by atoms with E-state index in [1.54, 1.807) is 18.5 Å². The van der Waals surface area contributed by atoms with Crippen LogP contribution in [0.4, 0.5) is 0 Å². The van der Waals surface area contributed by atoms with Gasteiger partial charge >= 0.3 is 0 Å².